The Labute approximate surface area is 128 Å². The average molecular weight is 288 g/mol. The number of hydrogen-bond acceptors (Lipinski definition) is 4. The van der Waals surface area contributed by atoms with Crippen LogP contribution in [0.5, 0.6) is 0 Å². The molecule has 2 fully saturated rings. The molecule has 0 bridgehead atoms. The van der Waals surface area contributed by atoms with Crippen LogP contribution < -0.4 is 10.2 Å². The van der Waals surface area contributed by atoms with Crippen LogP contribution in [0.4, 0.5) is 5.95 Å². The van der Waals surface area contributed by atoms with E-state index < -0.39 is 0 Å². The number of rotatable bonds is 6. The van der Waals surface area contributed by atoms with Gasteiger partial charge in [-0.3, -0.25) is 0 Å². The lowest BCUT2D eigenvalue weighted by Gasteiger charge is -2.33. The van der Waals surface area contributed by atoms with Crippen molar-refractivity contribution in [3.05, 3.63) is 17.5 Å². The van der Waals surface area contributed by atoms with Crippen LogP contribution in [0.1, 0.15) is 50.9 Å². The fourth-order valence-electron chi connectivity index (χ4n) is 2.98. The molecule has 0 atom stereocenters. The van der Waals surface area contributed by atoms with Gasteiger partial charge in [0.2, 0.25) is 5.95 Å². The van der Waals surface area contributed by atoms with Gasteiger partial charge in [-0.15, -0.1) is 0 Å². The molecule has 1 saturated carbocycles. The normalized spacial score (nSPS) is 20.0. The number of aryl methyl sites for hydroxylation is 2. The van der Waals surface area contributed by atoms with Gasteiger partial charge in [-0.1, -0.05) is 13.8 Å². The van der Waals surface area contributed by atoms with Crippen molar-refractivity contribution in [1.82, 2.24) is 15.3 Å². The SMILES string of the molecule is CCc1cc(CC)nc(N2CCC(NCC3CC3)CC2)n1. The van der Waals surface area contributed by atoms with E-state index >= 15 is 0 Å². The van der Waals surface area contributed by atoms with E-state index in [0.29, 0.717) is 6.04 Å². The van der Waals surface area contributed by atoms with Crippen LogP contribution in [-0.4, -0.2) is 35.6 Å². The molecule has 1 aromatic rings. The molecule has 0 aromatic carbocycles. The number of aromatic nitrogens is 2. The smallest absolute Gasteiger partial charge is 0.225 e. The lowest BCUT2D eigenvalue weighted by Crippen LogP contribution is -2.43. The van der Waals surface area contributed by atoms with Gasteiger partial charge in [-0.25, -0.2) is 9.97 Å². The maximum Gasteiger partial charge on any atom is 0.225 e. The number of anilines is 1. The van der Waals surface area contributed by atoms with E-state index in [0.717, 1.165) is 37.8 Å². The predicted octanol–water partition coefficient (Wildman–Crippen LogP) is 2.57. The summed E-state index contributed by atoms with van der Waals surface area (Å²) in [6.07, 6.45) is 7.28. The van der Waals surface area contributed by atoms with Gasteiger partial charge in [-0.05, 0) is 57.1 Å². The molecule has 1 saturated heterocycles. The first kappa shape index (κ1) is 14.8. The average Bonchev–Trinajstić information content (AvgIpc) is 3.37. The van der Waals surface area contributed by atoms with Crippen LogP contribution in [0, 0.1) is 5.92 Å². The summed E-state index contributed by atoms with van der Waals surface area (Å²) >= 11 is 0. The zero-order valence-corrected chi connectivity index (χ0v) is 13.4. The Morgan fingerprint density at radius 1 is 1.05 bits per heavy atom. The summed E-state index contributed by atoms with van der Waals surface area (Å²) in [7, 11) is 0. The number of nitrogens with zero attached hydrogens (tertiary/aromatic N) is 3. The van der Waals surface area contributed by atoms with Crippen molar-refractivity contribution in [2.45, 2.75) is 58.4 Å². The molecule has 21 heavy (non-hydrogen) atoms. The summed E-state index contributed by atoms with van der Waals surface area (Å²) < 4.78 is 0. The Balaban J connectivity index is 1.57. The predicted molar refractivity (Wildman–Crippen MR) is 86.7 cm³/mol. The maximum atomic E-state index is 4.73. The monoisotopic (exact) mass is 288 g/mol. The Bertz CT molecular complexity index is 440. The highest BCUT2D eigenvalue weighted by Gasteiger charge is 2.25. The van der Waals surface area contributed by atoms with Gasteiger partial charge in [-0.2, -0.15) is 0 Å². The van der Waals surface area contributed by atoms with Crippen LogP contribution in [0.2, 0.25) is 0 Å². The summed E-state index contributed by atoms with van der Waals surface area (Å²) in [6.45, 7) is 7.73. The van der Waals surface area contributed by atoms with E-state index in [2.05, 4.69) is 30.1 Å². The van der Waals surface area contributed by atoms with E-state index in [1.165, 1.54) is 43.6 Å². The van der Waals surface area contributed by atoms with E-state index in [1.54, 1.807) is 0 Å². The van der Waals surface area contributed by atoms with E-state index in [-0.39, 0.29) is 0 Å². The van der Waals surface area contributed by atoms with Crippen LogP contribution >= 0.6 is 0 Å². The van der Waals surface area contributed by atoms with Crippen LogP contribution in [0.25, 0.3) is 0 Å². The highest BCUT2D eigenvalue weighted by Crippen LogP contribution is 2.28. The minimum Gasteiger partial charge on any atom is -0.341 e. The molecule has 1 aliphatic carbocycles. The zero-order valence-electron chi connectivity index (χ0n) is 13.4. The quantitative estimate of drug-likeness (QED) is 0.873. The molecule has 3 rings (SSSR count). The summed E-state index contributed by atoms with van der Waals surface area (Å²) in [6, 6.07) is 2.84. The van der Waals surface area contributed by atoms with Crippen LogP contribution in [-0.2, 0) is 12.8 Å². The molecule has 0 unspecified atom stereocenters. The van der Waals surface area contributed by atoms with Crippen molar-refractivity contribution in [3.63, 3.8) is 0 Å². The summed E-state index contributed by atoms with van der Waals surface area (Å²) in [5, 5.41) is 3.73. The molecule has 1 aromatic heterocycles. The summed E-state index contributed by atoms with van der Waals surface area (Å²) in [4.78, 5) is 11.8. The van der Waals surface area contributed by atoms with Crippen LogP contribution in [0.15, 0.2) is 6.07 Å². The van der Waals surface area contributed by atoms with Crippen molar-refractivity contribution in [1.29, 1.82) is 0 Å². The highest BCUT2D eigenvalue weighted by atomic mass is 15.3. The second kappa shape index (κ2) is 6.73. The third-order valence-electron chi connectivity index (χ3n) is 4.71. The van der Waals surface area contributed by atoms with Crippen molar-refractivity contribution in [2.24, 2.45) is 5.92 Å². The minimum atomic E-state index is 0.696. The molecule has 1 N–H and O–H groups in total. The van der Waals surface area contributed by atoms with Gasteiger partial charge in [0.1, 0.15) is 0 Å². The van der Waals surface area contributed by atoms with E-state index in [4.69, 9.17) is 9.97 Å². The third-order valence-corrected chi connectivity index (χ3v) is 4.71. The number of nitrogens with one attached hydrogen (secondary N) is 1. The van der Waals surface area contributed by atoms with Crippen molar-refractivity contribution in [2.75, 3.05) is 24.5 Å². The van der Waals surface area contributed by atoms with E-state index in [1.807, 2.05) is 0 Å². The minimum absolute atomic E-state index is 0.696. The topological polar surface area (TPSA) is 41.1 Å². The highest BCUT2D eigenvalue weighted by molar-refractivity contribution is 5.33. The fourth-order valence-corrected chi connectivity index (χ4v) is 2.98. The largest absolute Gasteiger partial charge is 0.341 e. The number of piperidine rings is 1. The lowest BCUT2D eigenvalue weighted by atomic mass is 10.1. The molecule has 2 heterocycles. The van der Waals surface area contributed by atoms with E-state index in [9.17, 15) is 0 Å². The van der Waals surface area contributed by atoms with Crippen molar-refractivity contribution in [3.8, 4) is 0 Å². The molecule has 0 amide bonds. The molecule has 4 nitrogen and oxygen atoms in total. The molecule has 4 heteroatoms. The molecular weight excluding hydrogens is 260 g/mol. The fraction of sp³-hybridized carbons (Fsp3) is 0.765. The van der Waals surface area contributed by atoms with Gasteiger partial charge in [0.15, 0.2) is 0 Å². The first-order valence-corrected chi connectivity index (χ1v) is 8.63. The van der Waals surface area contributed by atoms with Crippen LogP contribution in [0.3, 0.4) is 0 Å². The summed E-state index contributed by atoms with van der Waals surface area (Å²) in [5.41, 5.74) is 2.34. The molecule has 0 spiro atoms. The molecular formula is C17H28N4. The van der Waals surface area contributed by atoms with Gasteiger partial charge in [0, 0.05) is 30.5 Å². The first-order chi connectivity index (χ1) is 10.3. The van der Waals surface area contributed by atoms with Gasteiger partial charge < -0.3 is 10.2 Å². The van der Waals surface area contributed by atoms with Crippen molar-refractivity contribution >= 4 is 5.95 Å². The first-order valence-electron chi connectivity index (χ1n) is 8.63. The number of hydrogen-bond donors (Lipinski definition) is 1. The zero-order chi connectivity index (χ0) is 14.7. The standard InChI is InChI=1S/C17H28N4/c1-3-14-11-15(4-2)20-17(19-14)21-9-7-16(8-10-21)18-12-13-5-6-13/h11,13,16,18H,3-10,12H2,1-2H3. The second-order valence-electron chi connectivity index (χ2n) is 6.47. The molecule has 0 radical (unpaired) electrons. The van der Waals surface area contributed by atoms with Crippen molar-refractivity contribution < 1.29 is 0 Å². The Hall–Kier alpha value is -1.16. The lowest BCUT2D eigenvalue weighted by molar-refractivity contribution is 0.406. The molecule has 116 valence electrons. The second-order valence-corrected chi connectivity index (χ2v) is 6.47. The van der Waals surface area contributed by atoms with Gasteiger partial charge in [0.05, 0.1) is 0 Å². The Morgan fingerprint density at radius 2 is 1.67 bits per heavy atom. The maximum absolute atomic E-state index is 4.73. The Morgan fingerprint density at radius 3 is 2.19 bits per heavy atom. The molecule has 1 aliphatic heterocycles. The third kappa shape index (κ3) is 3.94. The van der Waals surface area contributed by atoms with Gasteiger partial charge >= 0.3 is 0 Å². The Kier molecular flexibility index (Phi) is 4.73. The summed E-state index contributed by atoms with van der Waals surface area (Å²) in [5.74, 6) is 1.92. The van der Waals surface area contributed by atoms with Gasteiger partial charge in [0.25, 0.3) is 0 Å². The molecule has 2 aliphatic rings.